The van der Waals surface area contributed by atoms with Gasteiger partial charge in [-0.2, -0.15) is 14.9 Å². The van der Waals surface area contributed by atoms with E-state index in [0.717, 1.165) is 54.6 Å². The third-order valence-electron chi connectivity index (χ3n) is 6.07. The van der Waals surface area contributed by atoms with Crippen molar-refractivity contribution in [2.45, 2.75) is 50.7 Å². The zero-order valence-corrected chi connectivity index (χ0v) is 16.1. The van der Waals surface area contributed by atoms with E-state index in [9.17, 15) is 5.11 Å². The number of hydrogen-bond acceptors (Lipinski definition) is 6. The third-order valence-corrected chi connectivity index (χ3v) is 6.07. The lowest BCUT2D eigenvalue weighted by Crippen LogP contribution is -2.44. The molecule has 28 heavy (non-hydrogen) atoms. The van der Waals surface area contributed by atoms with Crippen LogP contribution in [-0.2, 0) is 10.3 Å². The molecule has 8 nitrogen and oxygen atoms in total. The van der Waals surface area contributed by atoms with E-state index in [2.05, 4.69) is 33.2 Å². The molecule has 0 radical (unpaired) electrons. The Morgan fingerprint density at radius 3 is 2.86 bits per heavy atom. The van der Waals surface area contributed by atoms with Crippen LogP contribution in [0.3, 0.4) is 0 Å². The largest absolute Gasteiger partial charge is 0.385 e. The van der Waals surface area contributed by atoms with Gasteiger partial charge in [0.15, 0.2) is 11.5 Å². The molecule has 1 atom stereocenters. The van der Waals surface area contributed by atoms with Crippen molar-refractivity contribution >= 4 is 16.9 Å². The molecular formula is C20H26N6O2. The summed E-state index contributed by atoms with van der Waals surface area (Å²) in [4.78, 5) is 7.22. The van der Waals surface area contributed by atoms with Crippen molar-refractivity contribution in [3.63, 3.8) is 0 Å². The molecule has 148 valence electrons. The van der Waals surface area contributed by atoms with Crippen molar-refractivity contribution in [2.75, 3.05) is 24.7 Å². The molecule has 0 amide bonds. The van der Waals surface area contributed by atoms with Crippen molar-refractivity contribution < 1.29 is 9.84 Å². The van der Waals surface area contributed by atoms with Crippen LogP contribution in [-0.4, -0.2) is 55.9 Å². The molecule has 2 N–H and O–H groups in total. The maximum atomic E-state index is 11.5. The Morgan fingerprint density at radius 2 is 2.11 bits per heavy atom. The number of aliphatic hydroxyl groups is 1. The first-order valence-electron chi connectivity index (χ1n) is 10.1. The molecule has 0 aromatic carbocycles. The van der Waals surface area contributed by atoms with E-state index in [0.29, 0.717) is 19.0 Å². The number of anilines is 1. The fraction of sp³-hybridized carbons (Fsp3) is 0.550. The van der Waals surface area contributed by atoms with Crippen molar-refractivity contribution in [1.29, 1.82) is 0 Å². The topological polar surface area (TPSA) is 92.1 Å². The average Bonchev–Trinajstić information content (AvgIpc) is 3.37. The van der Waals surface area contributed by atoms with Crippen molar-refractivity contribution in [2.24, 2.45) is 0 Å². The highest BCUT2D eigenvalue weighted by molar-refractivity contribution is 5.83. The summed E-state index contributed by atoms with van der Waals surface area (Å²) in [6.07, 6.45) is 8.39. The van der Waals surface area contributed by atoms with Crippen LogP contribution >= 0.6 is 0 Å². The van der Waals surface area contributed by atoms with Gasteiger partial charge in [-0.05, 0) is 31.4 Å². The predicted molar refractivity (Wildman–Crippen MR) is 106 cm³/mol. The van der Waals surface area contributed by atoms with Crippen LogP contribution < -0.4 is 4.90 Å². The third kappa shape index (κ3) is 2.87. The first kappa shape index (κ1) is 17.6. The van der Waals surface area contributed by atoms with Gasteiger partial charge in [0.1, 0.15) is 5.82 Å². The Kier molecular flexibility index (Phi) is 4.32. The van der Waals surface area contributed by atoms with Crippen molar-refractivity contribution in [1.82, 2.24) is 25.0 Å². The molecule has 4 heterocycles. The number of aromatic nitrogens is 5. The highest BCUT2D eigenvalue weighted by Gasteiger charge is 2.35. The summed E-state index contributed by atoms with van der Waals surface area (Å²) in [5.41, 5.74) is 0.841. The number of pyridine rings is 1. The Hall–Kier alpha value is -2.45. The second kappa shape index (κ2) is 6.86. The molecular weight excluding hydrogens is 356 g/mol. The molecule has 1 aliphatic heterocycles. The summed E-state index contributed by atoms with van der Waals surface area (Å²) in [5, 5.41) is 24.1. The maximum absolute atomic E-state index is 11.5. The van der Waals surface area contributed by atoms with E-state index in [1.54, 1.807) is 10.9 Å². The van der Waals surface area contributed by atoms with E-state index < -0.39 is 5.60 Å². The molecule has 1 saturated heterocycles. The first-order chi connectivity index (χ1) is 13.7. The molecule has 1 aliphatic carbocycles. The SMILES string of the molecule is C[C@@H]1COCCN1c1cc(C2(O)CCCCC2)c2cnn(-c3cc[nH]n3)c2n1. The average molecular weight is 382 g/mol. The number of rotatable bonds is 3. The second-order valence-corrected chi connectivity index (χ2v) is 7.96. The summed E-state index contributed by atoms with van der Waals surface area (Å²) in [7, 11) is 0. The van der Waals surface area contributed by atoms with Crippen molar-refractivity contribution in [3.8, 4) is 5.82 Å². The molecule has 8 heteroatoms. The van der Waals surface area contributed by atoms with Gasteiger partial charge in [-0.3, -0.25) is 5.10 Å². The van der Waals surface area contributed by atoms with Gasteiger partial charge >= 0.3 is 0 Å². The van der Waals surface area contributed by atoms with E-state index >= 15 is 0 Å². The van der Waals surface area contributed by atoms with Crippen molar-refractivity contribution in [3.05, 3.63) is 30.1 Å². The Balaban J connectivity index is 1.70. The number of hydrogen-bond donors (Lipinski definition) is 2. The number of nitrogens with one attached hydrogen (secondary N) is 1. The number of H-pyrrole nitrogens is 1. The van der Waals surface area contributed by atoms with E-state index in [-0.39, 0.29) is 6.04 Å². The van der Waals surface area contributed by atoms with Crippen LogP contribution in [0.2, 0.25) is 0 Å². The Morgan fingerprint density at radius 1 is 1.25 bits per heavy atom. The second-order valence-electron chi connectivity index (χ2n) is 7.96. The summed E-state index contributed by atoms with van der Waals surface area (Å²) in [5.74, 6) is 1.56. The van der Waals surface area contributed by atoms with E-state index in [4.69, 9.17) is 9.72 Å². The number of ether oxygens (including phenoxy) is 1. The van der Waals surface area contributed by atoms with E-state index in [1.807, 2.05) is 12.3 Å². The molecule has 1 saturated carbocycles. The van der Waals surface area contributed by atoms with Gasteiger partial charge < -0.3 is 14.7 Å². The lowest BCUT2D eigenvalue weighted by atomic mass is 9.79. The highest BCUT2D eigenvalue weighted by Crippen LogP contribution is 2.41. The molecule has 5 rings (SSSR count). The lowest BCUT2D eigenvalue weighted by Gasteiger charge is -2.37. The van der Waals surface area contributed by atoms with Gasteiger partial charge in [-0.1, -0.05) is 19.3 Å². The fourth-order valence-corrected chi connectivity index (χ4v) is 4.53. The van der Waals surface area contributed by atoms with Gasteiger partial charge in [-0.15, -0.1) is 0 Å². The van der Waals surface area contributed by atoms with Crippen LogP contribution in [0.4, 0.5) is 5.82 Å². The highest BCUT2D eigenvalue weighted by atomic mass is 16.5. The smallest absolute Gasteiger partial charge is 0.177 e. The monoisotopic (exact) mass is 382 g/mol. The molecule has 3 aromatic heterocycles. The van der Waals surface area contributed by atoms with Crippen LogP contribution in [0.5, 0.6) is 0 Å². The van der Waals surface area contributed by atoms with Gasteiger partial charge in [0.2, 0.25) is 0 Å². The first-order valence-corrected chi connectivity index (χ1v) is 10.1. The summed E-state index contributed by atoms with van der Waals surface area (Å²) < 4.78 is 7.35. The van der Waals surface area contributed by atoms with Crippen LogP contribution in [0.15, 0.2) is 24.5 Å². The summed E-state index contributed by atoms with van der Waals surface area (Å²) in [6, 6.07) is 4.17. The number of aromatic amines is 1. The maximum Gasteiger partial charge on any atom is 0.177 e. The quantitative estimate of drug-likeness (QED) is 0.723. The number of morpholine rings is 1. The Labute approximate surface area is 163 Å². The minimum Gasteiger partial charge on any atom is -0.385 e. The fourth-order valence-electron chi connectivity index (χ4n) is 4.53. The summed E-state index contributed by atoms with van der Waals surface area (Å²) >= 11 is 0. The summed E-state index contributed by atoms with van der Waals surface area (Å²) in [6.45, 7) is 4.29. The van der Waals surface area contributed by atoms with Gasteiger partial charge in [0.05, 0.1) is 31.1 Å². The molecule has 0 spiro atoms. The van der Waals surface area contributed by atoms with Gasteiger partial charge in [0, 0.05) is 24.2 Å². The van der Waals surface area contributed by atoms with E-state index in [1.165, 1.54) is 6.42 Å². The molecule has 2 fully saturated rings. The minimum atomic E-state index is -0.830. The minimum absolute atomic E-state index is 0.231. The predicted octanol–water partition coefficient (Wildman–Crippen LogP) is 2.52. The molecule has 3 aromatic rings. The lowest BCUT2D eigenvalue weighted by molar-refractivity contribution is 0.000713. The van der Waals surface area contributed by atoms with Crippen LogP contribution in [0, 0.1) is 0 Å². The van der Waals surface area contributed by atoms with Gasteiger partial charge in [-0.25, -0.2) is 4.98 Å². The molecule has 2 aliphatic rings. The zero-order valence-electron chi connectivity index (χ0n) is 16.1. The number of nitrogens with zero attached hydrogens (tertiary/aromatic N) is 5. The number of fused-ring (bicyclic) bond motifs is 1. The normalized spacial score (nSPS) is 22.6. The van der Waals surface area contributed by atoms with Gasteiger partial charge in [0.25, 0.3) is 0 Å². The van der Waals surface area contributed by atoms with Crippen LogP contribution in [0.1, 0.15) is 44.6 Å². The van der Waals surface area contributed by atoms with Crippen LogP contribution in [0.25, 0.3) is 16.9 Å². The Bertz CT molecular complexity index is 961. The molecule has 0 unspecified atom stereocenters. The molecule has 0 bridgehead atoms. The standard InChI is InChI=1S/C20H26N6O2/c1-14-13-28-10-9-25(14)18-11-16(20(27)6-3-2-4-7-20)15-12-22-26(19(15)23-18)17-5-8-21-24-17/h5,8,11-12,14,27H,2-4,6-7,9-10,13H2,1H3,(H,21,24)/t14-/m1/s1. The zero-order chi connectivity index (χ0) is 19.1.